The zero-order chi connectivity index (χ0) is 20.7. The van der Waals surface area contributed by atoms with Crippen molar-refractivity contribution in [3.05, 3.63) is 67.1 Å². The van der Waals surface area contributed by atoms with Gasteiger partial charge in [0.1, 0.15) is 12.0 Å². The highest BCUT2D eigenvalue weighted by atomic mass is 35.5. The molecule has 1 aliphatic heterocycles. The number of hydrogen-bond donors (Lipinski definition) is 0. The predicted molar refractivity (Wildman–Crippen MR) is 117 cm³/mol. The van der Waals surface area contributed by atoms with Crippen LogP contribution < -0.4 is 9.64 Å². The summed E-state index contributed by atoms with van der Waals surface area (Å²) in [4.78, 5) is 13.9. The second kappa shape index (κ2) is 8.46. The lowest BCUT2D eigenvalue weighted by molar-refractivity contribution is -0.123. The maximum atomic E-state index is 12.4. The zero-order valence-electron chi connectivity index (χ0n) is 14.3. The van der Waals surface area contributed by atoms with E-state index in [-0.39, 0.29) is 22.6 Å². The van der Waals surface area contributed by atoms with Gasteiger partial charge in [0.2, 0.25) is 11.0 Å². The van der Waals surface area contributed by atoms with E-state index in [9.17, 15) is 4.79 Å². The predicted octanol–water partition coefficient (Wildman–Crippen LogP) is 6.43. The smallest absolute Gasteiger partial charge is 0.250 e. The minimum absolute atomic E-state index is 0.0713. The number of rotatable bonds is 5. The molecule has 0 N–H and O–H groups in total. The van der Waals surface area contributed by atoms with Crippen molar-refractivity contribution in [3.63, 3.8) is 0 Å². The van der Waals surface area contributed by atoms with Gasteiger partial charge >= 0.3 is 0 Å². The summed E-state index contributed by atoms with van der Waals surface area (Å²) in [6, 6.07) is 9.88. The van der Waals surface area contributed by atoms with E-state index in [1.54, 1.807) is 6.07 Å². The number of alkyl halides is 1. The molecule has 1 aliphatic rings. The Balaban J connectivity index is 1.53. The molecule has 11 heteroatoms. The first-order valence-electron chi connectivity index (χ1n) is 8.18. The minimum Gasteiger partial charge on any atom is -0.483 e. The molecule has 1 aromatic heterocycles. The number of aromatic nitrogens is 2. The molecule has 0 aliphatic carbocycles. The average molecular weight is 510 g/mol. The van der Waals surface area contributed by atoms with E-state index in [4.69, 9.17) is 62.7 Å². The lowest BCUT2D eigenvalue weighted by atomic mass is 9.94. The standard InChI is InChI=1S/C18H10Cl5N3O2S/c19-8-5-11(21)16(12(22)6-8)28-7-13-24-25-18(29-13)26-15(14(23)17(26)27)9-3-1-2-4-10(9)20/h1-6,14-15H,7H2. The molecule has 0 saturated carbocycles. The number of anilines is 1. The van der Waals surface area contributed by atoms with Gasteiger partial charge in [-0.05, 0) is 23.8 Å². The van der Waals surface area contributed by atoms with E-state index in [2.05, 4.69) is 10.2 Å². The number of ether oxygens (including phenoxy) is 1. The molecule has 5 nitrogen and oxygen atoms in total. The van der Waals surface area contributed by atoms with Crippen LogP contribution in [0.3, 0.4) is 0 Å². The Morgan fingerprint density at radius 2 is 1.72 bits per heavy atom. The molecular weight excluding hydrogens is 500 g/mol. The molecular formula is C18H10Cl5N3O2S. The number of carbonyl (C=O) groups excluding carboxylic acids is 1. The zero-order valence-corrected chi connectivity index (χ0v) is 18.9. The van der Waals surface area contributed by atoms with Crippen molar-refractivity contribution in [1.29, 1.82) is 0 Å². The summed E-state index contributed by atoms with van der Waals surface area (Å²) in [6.07, 6.45) is 0. The molecule has 29 heavy (non-hydrogen) atoms. The Hall–Kier alpha value is -1.28. The number of benzene rings is 2. The van der Waals surface area contributed by atoms with Crippen LogP contribution in [0.5, 0.6) is 5.75 Å². The van der Waals surface area contributed by atoms with Crippen molar-refractivity contribution < 1.29 is 9.53 Å². The number of halogens is 5. The van der Waals surface area contributed by atoms with E-state index < -0.39 is 11.4 Å². The summed E-state index contributed by atoms with van der Waals surface area (Å²) in [5.41, 5.74) is 0.751. The number of nitrogens with zero attached hydrogens (tertiary/aromatic N) is 3. The van der Waals surface area contributed by atoms with Crippen molar-refractivity contribution in [3.8, 4) is 5.75 Å². The minimum atomic E-state index is -0.717. The van der Waals surface area contributed by atoms with Crippen molar-refractivity contribution in [2.75, 3.05) is 4.90 Å². The molecule has 2 unspecified atom stereocenters. The van der Waals surface area contributed by atoms with Gasteiger partial charge in [0, 0.05) is 10.0 Å². The van der Waals surface area contributed by atoms with Gasteiger partial charge in [0.25, 0.3) is 0 Å². The van der Waals surface area contributed by atoms with Crippen LogP contribution in [0.1, 0.15) is 16.6 Å². The van der Waals surface area contributed by atoms with E-state index >= 15 is 0 Å². The molecule has 1 fully saturated rings. The molecule has 1 amide bonds. The van der Waals surface area contributed by atoms with Crippen LogP contribution in [0, 0.1) is 0 Å². The van der Waals surface area contributed by atoms with Crippen LogP contribution in [0.4, 0.5) is 5.13 Å². The fourth-order valence-corrected chi connectivity index (χ4v) is 5.20. The quantitative estimate of drug-likeness (QED) is 0.294. The number of hydrogen-bond acceptors (Lipinski definition) is 5. The van der Waals surface area contributed by atoms with Crippen LogP contribution in [0.2, 0.25) is 20.1 Å². The normalized spacial score (nSPS) is 18.7. The highest BCUT2D eigenvalue weighted by Gasteiger charge is 2.50. The third-order valence-corrected chi connectivity index (χ3v) is 6.66. The number of amides is 1. The van der Waals surface area contributed by atoms with Crippen molar-refractivity contribution in [2.24, 2.45) is 0 Å². The number of β-lactam (4-membered cyclic amide) rings is 1. The largest absolute Gasteiger partial charge is 0.483 e. The van der Waals surface area contributed by atoms with Crippen LogP contribution in [0.25, 0.3) is 0 Å². The Morgan fingerprint density at radius 3 is 2.41 bits per heavy atom. The van der Waals surface area contributed by atoms with Gasteiger partial charge in [-0.3, -0.25) is 9.69 Å². The third-order valence-electron chi connectivity index (χ3n) is 4.22. The summed E-state index contributed by atoms with van der Waals surface area (Å²) in [5, 5.41) is 9.92. The van der Waals surface area contributed by atoms with Crippen molar-refractivity contribution in [2.45, 2.75) is 18.0 Å². The molecule has 2 heterocycles. The fraction of sp³-hybridized carbons (Fsp3) is 0.167. The van der Waals surface area contributed by atoms with E-state index in [1.807, 2.05) is 18.2 Å². The van der Waals surface area contributed by atoms with Crippen molar-refractivity contribution in [1.82, 2.24) is 10.2 Å². The fourth-order valence-electron chi connectivity index (χ4n) is 2.88. The Morgan fingerprint density at radius 1 is 1.03 bits per heavy atom. The lowest BCUT2D eigenvalue weighted by Crippen LogP contribution is -2.56. The van der Waals surface area contributed by atoms with Gasteiger partial charge in [0.05, 0.1) is 16.1 Å². The summed E-state index contributed by atoms with van der Waals surface area (Å²) < 4.78 is 5.67. The van der Waals surface area contributed by atoms with Gasteiger partial charge in [0.15, 0.2) is 10.8 Å². The van der Waals surface area contributed by atoms with Crippen LogP contribution in [-0.2, 0) is 11.4 Å². The van der Waals surface area contributed by atoms with E-state index in [0.29, 0.717) is 25.9 Å². The van der Waals surface area contributed by atoms with Crippen LogP contribution in [0.15, 0.2) is 36.4 Å². The molecule has 0 spiro atoms. The molecule has 0 bridgehead atoms. The Bertz CT molecular complexity index is 1070. The third kappa shape index (κ3) is 4.02. The maximum Gasteiger partial charge on any atom is 0.250 e. The van der Waals surface area contributed by atoms with E-state index in [0.717, 1.165) is 5.56 Å². The van der Waals surface area contributed by atoms with Gasteiger partial charge in [-0.15, -0.1) is 21.8 Å². The highest BCUT2D eigenvalue weighted by Crippen LogP contribution is 2.45. The second-order valence-corrected chi connectivity index (χ2v) is 9.21. The Labute approximate surface area is 195 Å². The molecule has 1 saturated heterocycles. The molecule has 3 aromatic rings. The van der Waals surface area contributed by atoms with Gasteiger partial charge in [-0.2, -0.15) is 0 Å². The SMILES string of the molecule is O=C1C(Cl)C(c2ccccc2Cl)N1c1nnc(COc2c(Cl)cc(Cl)cc2Cl)s1. The highest BCUT2D eigenvalue weighted by molar-refractivity contribution is 7.15. The van der Waals surface area contributed by atoms with Crippen molar-refractivity contribution >= 4 is 80.4 Å². The molecule has 2 atom stereocenters. The topological polar surface area (TPSA) is 55.3 Å². The first kappa shape index (κ1) is 21.0. The second-order valence-electron chi connectivity index (χ2n) is 6.04. The summed E-state index contributed by atoms with van der Waals surface area (Å²) in [6.45, 7) is 0.0713. The molecule has 150 valence electrons. The lowest BCUT2D eigenvalue weighted by Gasteiger charge is -2.42. The first-order valence-corrected chi connectivity index (χ1v) is 10.9. The molecule has 4 rings (SSSR count). The molecule has 0 radical (unpaired) electrons. The summed E-state index contributed by atoms with van der Waals surface area (Å²) >= 11 is 31.9. The summed E-state index contributed by atoms with van der Waals surface area (Å²) in [7, 11) is 0. The Kier molecular flexibility index (Phi) is 6.11. The monoisotopic (exact) mass is 507 g/mol. The van der Waals surface area contributed by atoms with Crippen LogP contribution in [-0.4, -0.2) is 21.5 Å². The average Bonchev–Trinajstić information content (AvgIpc) is 3.13. The van der Waals surface area contributed by atoms with Gasteiger partial charge in [-0.25, -0.2) is 0 Å². The number of carbonyl (C=O) groups is 1. The van der Waals surface area contributed by atoms with Crippen LogP contribution >= 0.6 is 69.3 Å². The summed E-state index contributed by atoms with van der Waals surface area (Å²) in [5.74, 6) is 0.0354. The van der Waals surface area contributed by atoms with Gasteiger partial charge < -0.3 is 4.74 Å². The van der Waals surface area contributed by atoms with Gasteiger partial charge in [-0.1, -0.05) is 75.9 Å². The molecule has 2 aromatic carbocycles. The first-order chi connectivity index (χ1) is 13.9. The maximum absolute atomic E-state index is 12.4. The van der Waals surface area contributed by atoms with E-state index in [1.165, 1.54) is 28.4 Å².